The quantitative estimate of drug-likeness (QED) is 0.892. The van der Waals surface area contributed by atoms with Gasteiger partial charge in [0, 0.05) is 31.4 Å². The lowest BCUT2D eigenvalue weighted by Gasteiger charge is -2.35. The maximum Gasteiger partial charge on any atom is 0.228 e. The van der Waals surface area contributed by atoms with E-state index < -0.39 is 23.1 Å². The summed E-state index contributed by atoms with van der Waals surface area (Å²) in [4.78, 5) is 12.5. The second-order valence-corrected chi connectivity index (χ2v) is 5.46. The van der Waals surface area contributed by atoms with E-state index in [0.29, 0.717) is 26.1 Å². The molecule has 0 saturated carbocycles. The van der Waals surface area contributed by atoms with E-state index in [4.69, 9.17) is 10.5 Å². The zero-order chi connectivity index (χ0) is 15.5. The van der Waals surface area contributed by atoms with Crippen LogP contribution in [0.2, 0.25) is 0 Å². The van der Waals surface area contributed by atoms with Crippen LogP contribution in [0.15, 0.2) is 18.2 Å². The Morgan fingerprint density at radius 3 is 2.67 bits per heavy atom. The lowest BCUT2D eigenvalue weighted by Crippen LogP contribution is -2.49. The van der Waals surface area contributed by atoms with Crippen LogP contribution >= 0.6 is 0 Å². The van der Waals surface area contributed by atoms with E-state index in [1.165, 1.54) is 12.1 Å². The summed E-state index contributed by atoms with van der Waals surface area (Å²) in [5, 5.41) is 2.78. The fraction of sp³-hybridized carbons (Fsp3) is 0.533. The monoisotopic (exact) mass is 298 g/mol. The van der Waals surface area contributed by atoms with E-state index in [1.54, 1.807) is 6.92 Å². The number of benzene rings is 1. The average Bonchev–Trinajstić information content (AvgIpc) is 2.47. The topological polar surface area (TPSA) is 64.4 Å². The maximum atomic E-state index is 13.7. The van der Waals surface area contributed by atoms with Crippen molar-refractivity contribution in [3.05, 3.63) is 35.4 Å². The molecule has 2 rings (SSSR count). The number of hydrogen-bond acceptors (Lipinski definition) is 3. The van der Waals surface area contributed by atoms with Crippen LogP contribution in [0.1, 0.15) is 31.4 Å². The number of halogens is 2. The van der Waals surface area contributed by atoms with Gasteiger partial charge in [0.25, 0.3) is 0 Å². The molecule has 1 saturated heterocycles. The largest absolute Gasteiger partial charge is 0.381 e. The minimum atomic E-state index is -0.670. The molecule has 0 bridgehead atoms. The van der Waals surface area contributed by atoms with Crippen LogP contribution in [-0.4, -0.2) is 25.7 Å². The standard InChI is InChI=1S/C15H20F2N2O2/c1-10(12-3-2-11(16)8-13(12)17)19-14(20)15(9-18)4-6-21-7-5-15/h2-3,8,10H,4-7,9,18H2,1H3,(H,19,20). The lowest BCUT2D eigenvalue weighted by atomic mass is 9.79. The van der Waals surface area contributed by atoms with Crippen LogP contribution in [0.3, 0.4) is 0 Å². The first-order chi connectivity index (χ1) is 9.98. The van der Waals surface area contributed by atoms with Gasteiger partial charge in [-0.2, -0.15) is 0 Å². The molecule has 116 valence electrons. The van der Waals surface area contributed by atoms with Gasteiger partial charge in [0.15, 0.2) is 0 Å². The fourth-order valence-electron chi connectivity index (χ4n) is 2.57. The number of carbonyl (C=O) groups excluding carboxylic acids is 1. The number of rotatable bonds is 4. The van der Waals surface area contributed by atoms with Crippen LogP contribution in [0.5, 0.6) is 0 Å². The molecule has 1 atom stereocenters. The molecular formula is C15H20F2N2O2. The molecule has 1 fully saturated rings. The van der Waals surface area contributed by atoms with Crippen molar-refractivity contribution in [3.63, 3.8) is 0 Å². The predicted octanol–water partition coefficient (Wildman–Crippen LogP) is 1.90. The molecule has 1 aliphatic rings. The van der Waals surface area contributed by atoms with Gasteiger partial charge in [0.05, 0.1) is 11.5 Å². The van der Waals surface area contributed by atoms with Crippen molar-refractivity contribution < 1.29 is 18.3 Å². The summed E-state index contributed by atoms with van der Waals surface area (Å²) in [6.07, 6.45) is 1.10. The van der Waals surface area contributed by atoms with E-state index in [0.717, 1.165) is 6.07 Å². The Hall–Kier alpha value is -1.53. The van der Waals surface area contributed by atoms with Crippen LogP contribution in [0.4, 0.5) is 8.78 Å². The molecule has 1 aliphatic heterocycles. The first kappa shape index (κ1) is 15.9. The summed E-state index contributed by atoms with van der Waals surface area (Å²) in [7, 11) is 0. The van der Waals surface area contributed by atoms with Crippen LogP contribution in [-0.2, 0) is 9.53 Å². The Morgan fingerprint density at radius 2 is 2.10 bits per heavy atom. The number of nitrogens with two attached hydrogens (primary N) is 1. The Morgan fingerprint density at radius 1 is 1.43 bits per heavy atom. The highest BCUT2D eigenvalue weighted by Gasteiger charge is 2.39. The molecule has 0 radical (unpaired) electrons. The molecule has 0 aliphatic carbocycles. The van der Waals surface area contributed by atoms with Crippen molar-refractivity contribution in [2.75, 3.05) is 19.8 Å². The van der Waals surface area contributed by atoms with Crippen molar-refractivity contribution in [3.8, 4) is 0 Å². The molecule has 3 N–H and O–H groups in total. The lowest BCUT2D eigenvalue weighted by molar-refractivity contribution is -0.136. The van der Waals surface area contributed by atoms with Gasteiger partial charge < -0.3 is 15.8 Å². The zero-order valence-corrected chi connectivity index (χ0v) is 12.0. The molecule has 1 unspecified atom stereocenters. The third-order valence-electron chi connectivity index (χ3n) is 4.10. The van der Waals surface area contributed by atoms with Gasteiger partial charge >= 0.3 is 0 Å². The van der Waals surface area contributed by atoms with Crippen LogP contribution in [0, 0.1) is 17.0 Å². The van der Waals surface area contributed by atoms with Crippen molar-refractivity contribution >= 4 is 5.91 Å². The minimum absolute atomic E-state index is 0.204. The highest BCUT2D eigenvalue weighted by molar-refractivity contribution is 5.83. The molecular weight excluding hydrogens is 278 g/mol. The second kappa shape index (κ2) is 6.49. The number of nitrogens with one attached hydrogen (secondary N) is 1. The molecule has 0 aromatic heterocycles. The summed E-state index contributed by atoms with van der Waals surface area (Å²) in [6, 6.07) is 2.78. The van der Waals surface area contributed by atoms with Gasteiger partial charge in [0.2, 0.25) is 5.91 Å². The Kier molecular flexibility index (Phi) is 4.90. The van der Waals surface area contributed by atoms with Crippen LogP contribution < -0.4 is 11.1 Å². The Bertz CT molecular complexity index is 516. The number of ether oxygens (including phenoxy) is 1. The number of carbonyl (C=O) groups is 1. The highest BCUT2D eigenvalue weighted by atomic mass is 19.1. The first-order valence-electron chi connectivity index (χ1n) is 7.02. The third kappa shape index (κ3) is 3.39. The molecule has 1 aromatic rings. The van der Waals surface area contributed by atoms with Gasteiger partial charge in [-0.05, 0) is 25.8 Å². The number of hydrogen-bond donors (Lipinski definition) is 2. The van der Waals surface area contributed by atoms with Crippen molar-refractivity contribution in [2.45, 2.75) is 25.8 Å². The van der Waals surface area contributed by atoms with Gasteiger partial charge in [-0.3, -0.25) is 4.79 Å². The van der Waals surface area contributed by atoms with E-state index in [-0.39, 0.29) is 18.0 Å². The Labute approximate surface area is 122 Å². The highest BCUT2D eigenvalue weighted by Crippen LogP contribution is 2.30. The van der Waals surface area contributed by atoms with Crippen molar-refractivity contribution in [1.82, 2.24) is 5.32 Å². The smallest absolute Gasteiger partial charge is 0.228 e. The predicted molar refractivity (Wildman–Crippen MR) is 74.5 cm³/mol. The van der Waals surface area contributed by atoms with E-state index in [9.17, 15) is 13.6 Å². The van der Waals surface area contributed by atoms with Gasteiger partial charge in [-0.25, -0.2) is 8.78 Å². The Balaban J connectivity index is 2.10. The molecule has 1 heterocycles. The van der Waals surface area contributed by atoms with E-state index >= 15 is 0 Å². The van der Waals surface area contributed by atoms with Gasteiger partial charge in [0.1, 0.15) is 11.6 Å². The summed E-state index contributed by atoms with van der Waals surface area (Å²) in [5.74, 6) is -1.52. The summed E-state index contributed by atoms with van der Waals surface area (Å²) in [5.41, 5.74) is 5.35. The van der Waals surface area contributed by atoms with E-state index in [1.807, 2.05) is 0 Å². The van der Waals surface area contributed by atoms with Crippen LogP contribution in [0.25, 0.3) is 0 Å². The molecule has 21 heavy (non-hydrogen) atoms. The van der Waals surface area contributed by atoms with E-state index in [2.05, 4.69) is 5.32 Å². The summed E-state index contributed by atoms with van der Waals surface area (Å²) in [6.45, 7) is 2.87. The molecule has 4 nitrogen and oxygen atoms in total. The van der Waals surface area contributed by atoms with Crippen molar-refractivity contribution in [2.24, 2.45) is 11.1 Å². The third-order valence-corrected chi connectivity index (χ3v) is 4.10. The summed E-state index contributed by atoms with van der Waals surface area (Å²) >= 11 is 0. The van der Waals surface area contributed by atoms with Gasteiger partial charge in [-0.1, -0.05) is 6.07 Å². The molecule has 0 spiro atoms. The number of amides is 1. The average molecular weight is 298 g/mol. The fourth-order valence-corrected chi connectivity index (χ4v) is 2.57. The second-order valence-electron chi connectivity index (χ2n) is 5.46. The SMILES string of the molecule is CC(NC(=O)C1(CN)CCOCC1)c1ccc(F)cc1F. The normalized spacial score (nSPS) is 19.0. The van der Waals surface area contributed by atoms with Gasteiger partial charge in [-0.15, -0.1) is 0 Å². The zero-order valence-electron chi connectivity index (χ0n) is 12.0. The minimum Gasteiger partial charge on any atom is -0.381 e. The first-order valence-corrected chi connectivity index (χ1v) is 7.02. The molecule has 1 aromatic carbocycles. The maximum absolute atomic E-state index is 13.7. The molecule has 6 heteroatoms. The van der Waals surface area contributed by atoms with Crippen molar-refractivity contribution in [1.29, 1.82) is 0 Å². The summed E-state index contributed by atoms with van der Waals surface area (Å²) < 4.78 is 31.9. The molecule has 1 amide bonds.